The van der Waals surface area contributed by atoms with Gasteiger partial charge >= 0.3 is 0 Å². The number of ether oxygens (including phenoxy) is 1. The van der Waals surface area contributed by atoms with Crippen LogP contribution in [0, 0.1) is 0 Å². The van der Waals surface area contributed by atoms with Gasteiger partial charge in [0.15, 0.2) is 0 Å². The SMILES string of the molecule is CN1C(=O)C(C)(C)c2cc(CC(=O)NCC3CCCO3)ccc21. The first kappa shape index (κ1) is 16.0. The molecule has 23 heavy (non-hydrogen) atoms. The van der Waals surface area contributed by atoms with Crippen LogP contribution >= 0.6 is 0 Å². The van der Waals surface area contributed by atoms with E-state index in [0.717, 1.165) is 36.3 Å². The van der Waals surface area contributed by atoms with Crippen LogP contribution in [0.3, 0.4) is 0 Å². The summed E-state index contributed by atoms with van der Waals surface area (Å²) in [4.78, 5) is 26.1. The molecule has 3 rings (SSSR count). The van der Waals surface area contributed by atoms with E-state index in [1.807, 2.05) is 32.0 Å². The number of carbonyl (C=O) groups is 2. The number of anilines is 1. The predicted molar refractivity (Wildman–Crippen MR) is 88.6 cm³/mol. The van der Waals surface area contributed by atoms with Gasteiger partial charge in [-0.15, -0.1) is 0 Å². The summed E-state index contributed by atoms with van der Waals surface area (Å²) in [5.74, 6) is 0.0865. The number of likely N-dealkylation sites (N-methyl/N-ethyl adjacent to an activating group) is 1. The smallest absolute Gasteiger partial charge is 0.236 e. The van der Waals surface area contributed by atoms with Gasteiger partial charge in [0.2, 0.25) is 11.8 Å². The Morgan fingerprint density at radius 1 is 1.43 bits per heavy atom. The highest BCUT2D eigenvalue weighted by atomic mass is 16.5. The molecular formula is C18H24N2O3. The minimum Gasteiger partial charge on any atom is -0.376 e. The second-order valence-electron chi connectivity index (χ2n) is 6.96. The summed E-state index contributed by atoms with van der Waals surface area (Å²) in [5.41, 5.74) is 2.33. The Balaban J connectivity index is 1.67. The van der Waals surface area contributed by atoms with Gasteiger partial charge in [-0.3, -0.25) is 9.59 Å². The zero-order chi connectivity index (χ0) is 16.6. The number of amides is 2. The number of rotatable bonds is 4. The van der Waals surface area contributed by atoms with Crippen molar-refractivity contribution in [2.45, 2.75) is 44.6 Å². The van der Waals surface area contributed by atoms with Gasteiger partial charge in [0.1, 0.15) is 0 Å². The van der Waals surface area contributed by atoms with E-state index in [4.69, 9.17) is 4.74 Å². The number of nitrogens with zero attached hydrogens (tertiary/aromatic N) is 1. The number of benzene rings is 1. The average molecular weight is 316 g/mol. The molecule has 0 bridgehead atoms. The van der Waals surface area contributed by atoms with Crippen molar-refractivity contribution in [1.29, 1.82) is 0 Å². The topological polar surface area (TPSA) is 58.6 Å². The molecular weight excluding hydrogens is 292 g/mol. The quantitative estimate of drug-likeness (QED) is 0.921. The molecule has 1 aromatic carbocycles. The van der Waals surface area contributed by atoms with E-state index in [0.29, 0.717) is 13.0 Å². The minimum absolute atomic E-state index is 0.00376. The number of hydrogen-bond acceptors (Lipinski definition) is 3. The maximum atomic E-state index is 12.3. The zero-order valence-electron chi connectivity index (χ0n) is 14.0. The fourth-order valence-corrected chi connectivity index (χ4v) is 3.41. The monoisotopic (exact) mass is 316 g/mol. The van der Waals surface area contributed by atoms with Gasteiger partial charge in [0, 0.05) is 25.9 Å². The van der Waals surface area contributed by atoms with Crippen LogP contribution in [0.4, 0.5) is 5.69 Å². The molecule has 2 aliphatic rings. The first-order chi connectivity index (χ1) is 10.9. The molecule has 2 amide bonds. The number of fused-ring (bicyclic) bond motifs is 1. The summed E-state index contributed by atoms with van der Waals surface area (Å²) in [7, 11) is 1.80. The van der Waals surface area contributed by atoms with Crippen LogP contribution in [0.25, 0.3) is 0 Å². The molecule has 5 nitrogen and oxygen atoms in total. The molecule has 2 aliphatic heterocycles. The van der Waals surface area contributed by atoms with Crippen molar-refractivity contribution in [3.05, 3.63) is 29.3 Å². The third-order valence-electron chi connectivity index (χ3n) is 4.85. The van der Waals surface area contributed by atoms with E-state index in [9.17, 15) is 9.59 Å². The van der Waals surface area contributed by atoms with E-state index in [2.05, 4.69) is 5.32 Å². The number of carbonyl (C=O) groups excluding carboxylic acids is 2. The third kappa shape index (κ3) is 2.98. The standard InChI is InChI=1S/C18H24N2O3/c1-18(2)14-9-12(6-7-15(14)20(3)17(18)22)10-16(21)19-11-13-5-4-8-23-13/h6-7,9,13H,4-5,8,10-11H2,1-3H3,(H,19,21). The second-order valence-corrected chi connectivity index (χ2v) is 6.96. The molecule has 2 heterocycles. The lowest BCUT2D eigenvalue weighted by atomic mass is 9.85. The molecule has 1 unspecified atom stereocenters. The van der Waals surface area contributed by atoms with Gasteiger partial charge < -0.3 is 15.0 Å². The number of hydrogen-bond donors (Lipinski definition) is 1. The first-order valence-electron chi connectivity index (χ1n) is 8.19. The predicted octanol–water partition coefficient (Wildman–Crippen LogP) is 1.78. The van der Waals surface area contributed by atoms with Gasteiger partial charge in [0.25, 0.3) is 0 Å². The molecule has 0 aromatic heterocycles. The maximum Gasteiger partial charge on any atom is 0.236 e. The molecule has 1 saturated heterocycles. The lowest BCUT2D eigenvalue weighted by molar-refractivity contribution is -0.122. The number of nitrogens with one attached hydrogen (secondary N) is 1. The molecule has 124 valence electrons. The lowest BCUT2D eigenvalue weighted by Crippen LogP contribution is -2.33. The third-order valence-corrected chi connectivity index (χ3v) is 4.85. The van der Waals surface area contributed by atoms with E-state index in [1.165, 1.54) is 0 Å². The summed E-state index contributed by atoms with van der Waals surface area (Å²) in [6.45, 7) is 5.23. The molecule has 1 atom stereocenters. The van der Waals surface area contributed by atoms with Crippen molar-refractivity contribution < 1.29 is 14.3 Å². The Bertz CT molecular complexity index is 633. The minimum atomic E-state index is -0.533. The molecule has 0 spiro atoms. The van der Waals surface area contributed by atoms with E-state index in [1.54, 1.807) is 11.9 Å². The van der Waals surface area contributed by atoms with Gasteiger partial charge in [0.05, 0.1) is 17.9 Å². The lowest BCUT2D eigenvalue weighted by Gasteiger charge is -2.16. The molecule has 0 radical (unpaired) electrons. The summed E-state index contributed by atoms with van der Waals surface area (Å²) in [6.07, 6.45) is 2.57. The highest BCUT2D eigenvalue weighted by Gasteiger charge is 2.42. The summed E-state index contributed by atoms with van der Waals surface area (Å²) in [5, 5.41) is 2.94. The van der Waals surface area contributed by atoms with Crippen molar-refractivity contribution in [3.63, 3.8) is 0 Å². The van der Waals surface area contributed by atoms with Crippen LogP contribution in [-0.4, -0.2) is 38.1 Å². The normalized spacial score (nSPS) is 22.3. The van der Waals surface area contributed by atoms with Crippen LogP contribution in [0.1, 0.15) is 37.8 Å². The van der Waals surface area contributed by atoms with Crippen molar-refractivity contribution in [2.24, 2.45) is 0 Å². The summed E-state index contributed by atoms with van der Waals surface area (Å²) < 4.78 is 5.51. The molecule has 5 heteroatoms. The Kier molecular flexibility index (Phi) is 4.15. The van der Waals surface area contributed by atoms with Crippen LogP contribution in [-0.2, 0) is 26.2 Å². The Morgan fingerprint density at radius 3 is 2.91 bits per heavy atom. The van der Waals surface area contributed by atoms with Gasteiger partial charge in [-0.05, 0) is 43.9 Å². The molecule has 1 N–H and O–H groups in total. The highest BCUT2D eigenvalue weighted by Crippen LogP contribution is 2.41. The summed E-state index contributed by atoms with van der Waals surface area (Å²) >= 11 is 0. The van der Waals surface area contributed by atoms with Crippen molar-refractivity contribution in [2.75, 3.05) is 25.1 Å². The summed E-state index contributed by atoms with van der Waals surface area (Å²) in [6, 6.07) is 5.85. The molecule has 0 saturated carbocycles. The Labute approximate surface area is 137 Å². The molecule has 1 aromatic rings. The maximum absolute atomic E-state index is 12.3. The van der Waals surface area contributed by atoms with Crippen LogP contribution in [0.5, 0.6) is 0 Å². The van der Waals surface area contributed by atoms with E-state index < -0.39 is 5.41 Å². The molecule has 0 aliphatic carbocycles. The van der Waals surface area contributed by atoms with Crippen molar-refractivity contribution in [3.8, 4) is 0 Å². The average Bonchev–Trinajstić information content (AvgIpc) is 3.09. The zero-order valence-corrected chi connectivity index (χ0v) is 14.0. The molecule has 1 fully saturated rings. The van der Waals surface area contributed by atoms with Crippen molar-refractivity contribution >= 4 is 17.5 Å². The first-order valence-corrected chi connectivity index (χ1v) is 8.19. The van der Waals surface area contributed by atoms with Crippen LogP contribution in [0.2, 0.25) is 0 Å². The van der Waals surface area contributed by atoms with Crippen LogP contribution in [0.15, 0.2) is 18.2 Å². The largest absolute Gasteiger partial charge is 0.376 e. The van der Waals surface area contributed by atoms with E-state index in [-0.39, 0.29) is 17.9 Å². The van der Waals surface area contributed by atoms with Gasteiger partial charge in [-0.2, -0.15) is 0 Å². The Morgan fingerprint density at radius 2 is 2.22 bits per heavy atom. The van der Waals surface area contributed by atoms with Crippen LogP contribution < -0.4 is 10.2 Å². The van der Waals surface area contributed by atoms with Gasteiger partial charge in [-0.25, -0.2) is 0 Å². The highest BCUT2D eigenvalue weighted by molar-refractivity contribution is 6.07. The fourth-order valence-electron chi connectivity index (χ4n) is 3.41. The Hall–Kier alpha value is -1.88. The fraction of sp³-hybridized carbons (Fsp3) is 0.556. The van der Waals surface area contributed by atoms with Crippen molar-refractivity contribution in [1.82, 2.24) is 5.32 Å². The second kappa shape index (κ2) is 5.96. The van der Waals surface area contributed by atoms with E-state index >= 15 is 0 Å². The van der Waals surface area contributed by atoms with Gasteiger partial charge in [-0.1, -0.05) is 12.1 Å².